The zero-order chi connectivity index (χ0) is 23.5. The molecule has 5 rings (SSSR count). The van der Waals surface area contributed by atoms with Gasteiger partial charge in [0.25, 0.3) is 5.89 Å². The minimum atomic E-state index is -0.170. The average Bonchev–Trinajstić information content (AvgIpc) is 3.48. The fraction of sp³-hybridized carbons (Fsp3) is 0.154. The number of nitrogens with one attached hydrogen (secondary N) is 1. The summed E-state index contributed by atoms with van der Waals surface area (Å²) in [6, 6.07) is 23.1. The molecule has 0 unspecified atom stereocenters. The van der Waals surface area contributed by atoms with E-state index in [-0.39, 0.29) is 12.5 Å². The molecular formula is C26H23N5O3. The van der Waals surface area contributed by atoms with Crippen LogP contribution in [0.25, 0.3) is 33.9 Å². The van der Waals surface area contributed by atoms with Crippen molar-refractivity contribution in [2.24, 2.45) is 0 Å². The fourth-order valence-electron chi connectivity index (χ4n) is 3.86. The van der Waals surface area contributed by atoms with Gasteiger partial charge in [-0.3, -0.25) is 9.48 Å². The van der Waals surface area contributed by atoms with Crippen LogP contribution in [0.1, 0.15) is 11.1 Å². The second-order valence-corrected chi connectivity index (χ2v) is 7.90. The van der Waals surface area contributed by atoms with Gasteiger partial charge in [0.2, 0.25) is 11.7 Å². The lowest BCUT2D eigenvalue weighted by atomic mass is 10.1. The molecule has 8 nitrogen and oxygen atoms in total. The van der Waals surface area contributed by atoms with Gasteiger partial charge in [0.05, 0.1) is 12.6 Å². The Morgan fingerprint density at radius 3 is 2.74 bits per heavy atom. The molecule has 2 heterocycles. The summed E-state index contributed by atoms with van der Waals surface area (Å²) >= 11 is 0. The van der Waals surface area contributed by atoms with Crippen LogP contribution < -0.4 is 10.1 Å². The highest BCUT2D eigenvalue weighted by atomic mass is 16.5. The number of para-hydroxylation sites is 2. The summed E-state index contributed by atoms with van der Waals surface area (Å²) in [5.74, 6) is 1.36. The standard InChI is InChI=1S/C26H23N5O3/c1-17-8-7-10-18(14-17)25-28-26(34-30-25)24-20-11-4-5-12-21(20)31(29-24)16-23(32)27-15-19-9-3-6-13-22(19)33-2/h3-14H,15-16H2,1-2H3,(H,27,32). The van der Waals surface area contributed by atoms with E-state index in [0.717, 1.165) is 33.3 Å². The Labute approximate surface area is 196 Å². The monoisotopic (exact) mass is 453 g/mol. The molecule has 5 aromatic rings. The molecule has 0 aliphatic carbocycles. The lowest BCUT2D eigenvalue weighted by Crippen LogP contribution is -2.27. The third-order valence-corrected chi connectivity index (χ3v) is 5.52. The summed E-state index contributed by atoms with van der Waals surface area (Å²) in [7, 11) is 1.61. The van der Waals surface area contributed by atoms with Gasteiger partial charge >= 0.3 is 0 Å². The number of nitrogens with zero attached hydrogens (tertiary/aromatic N) is 4. The predicted octanol–water partition coefficient (Wildman–Crippen LogP) is 4.39. The molecule has 2 aromatic heterocycles. The maximum atomic E-state index is 12.7. The van der Waals surface area contributed by atoms with Gasteiger partial charge in [0.1, 0.15) is 12.3 Å². The SMILES string of the molecule is COc1ccccc1CNC(=O)Cn1nc(-c2nc(-c3cccc(C)c3)no2)c2ccccc21. The van der Waals surface area contributed by atoms with Gasteiger partial charge < -0.3 is 14.6 Å². The van der Waals surface area contributed by atoms with Crippen molar-refractivity contribution in [1.82, 2.24) is 25.2 Å². The van der Waals surface area contributed by atoms with E-state index in [9.17, 15) is 4.79 Å². The maximum absolute atomic E-state index is 12.7. The maximum Gasteiger partial charge on any atom is 0.279 e. The van der Waals surface area contributed by atoms with Crippen LogP contribution in [0.5, 0.6) is 5.75 Å². The topological polar surface area (TPSA) is 95.1 Å². The van der Waals surface area contributed by atoms with Gasteiger partial charge in [-0.05, 0) is 25.1 Å². The number of carbonyl (C=O) groups is 1. The Kier molecular flexibility index (Phi) is 5.78. The van der Waals surface area contributed by atoms with E-state index in [2.05, 4.69) is 20.6 Å². The van der Waals surface area contributed by atoms with Crippen LogP contribution in [0.15, 0.2) is 77.3 Å². The van der Waals surface area contributed by atoms with Crippen molar-refractivity contribution in [3.63, 3.8) is 0 Å². The predicted molar refractivity (Wildman–Crippen MR) is 128 cm³/mol. The number of ether oxygens (including phenoxy) is 1. The number of benzene rings is 3. The number of methoxy groups -OCH3 is 1. The first-order valence-electron chi connectivity index (χ1n) is 10.9. The van der Waals surface area contributed by atoms with Crippen molar-refractivity contribution in [2.75, 3.05) is 7.11 Å². The molecular weight excluding hydrogens is 430 g/mol. The van der Waals surface area contributed by atoms with E-state index in [1.165, 1.54) is 0 Å². The molecule has 0 fully saturated rings. The van der Waals surface area contributed by atoms with Crippen LogP contribution in [0.4, 0.5) is 0 Å². The molecule has 0 aliphatic heterocycles. The minimum Gasteiger partial charge on any atom is -0.496 e. The van der Waals surface area contributed by atoms with Crippen LogP contribution in [0.2, 0.25) is 0 Å². The highest BCUT2D eigenvalue weighted by Crippen LogP contribution is 2.28. The molecule has 34 heavy (non-hydrogen) atoms. The Morgan fingerprint density at radius 1 is 1.06 bits per heavy atom. The lowest BCUT2D eigenvalue weighted by Gasteiger charge is -2.10. The molecule has 0 bridgehead atoms. The van der Waals surface area contributed by atoms with Crippen molar-refractivity contribution in [3.05, 3.63) is 83.9 Å². The largest absolute Gasteiger partial charge is 0.496 e. The average molecular weight is 454 g/mol. The fourth-order valence-corrected chi connectivity index (χ4v) is 3.86. The molecule has 0 spiro atoms. The van der Waals surface area contributed by atoms with Gasteiger partial charge in [-0.15, -0.1) is 0 Å². The molecule has 0 atom stereocenters. The van der Waals surface area contributed by atoms with E-state index in [0.29, 0.717) is 24.0 Å². The Balaban J connectivity index is 1.39. The molecule has 8 heteroatoms. The van der Waals surface area contributed by atoms with E-state index >= 15 is 0 Å². The molecule has 170 valence electrons. The van der Waals surface area contributed by atoms with Crippen LogP contribution >= 0.6 is 0 Å². The van der Waals surface area contributed by atoms with E-state index in [4.69, 9.17) is 9.26 Å². The Hall–Kier alpha value is -4.46. The highest BCUT2D eigenvalue weighted by Gasteiger charge is 2.20. The minimum absolute atomic E-state index is 0.0501. The van der Waals surface area contributed by atoms with E-state index in [1.54, 1.807) is 11.8 Å². The first kappa shape index (κ1) is 21.4. The van der Waals surface area contributed by atoms with Gasteiger partial charge in [-0.1, -0.05) is 65.3 Å². The van der Waals surface area contributed by atoms with Gasteiger partial charge in [-0.2, -0.15) is 10.1 Å². The van der Waals surface area contributed by atoms with Crippen LogP contribution in [0.3, 0.4) is 0 Å². The summed E-state index contributed by atoms with van der Waals surface area (Å²) in [4.78, 5) is 17.3. The number of aryl methyl sites for hydroxylation is 1. The van der Waals surface area contributed by atoms with E-state index < -0.39 is 0 Å². The molecule has 1 N–H and O–H groups in total. The zero-order valence-corrected chi connectivity index (χ0v) is 18.9. The number of hydrogen-bond donors (Lipinski definition) is 1. The normalized spacial score (nSPS) is 11.0. The smallest absolute Gasteiger partial charge is 0.279 e. The van der Waals surface area contributed by atoms with Crippen molar-refractivity contribution in [3.8, 4) is 28.7 Å². The quantitative estimate of drug-likeness (QED) is 0.393. The Bertz CT molecular complexity index is 1470. The summed E-state index contributed by atoms with van der Waals surface area (Å²) in [6.07, 6.45) is 0. The molecule has 1 amide bonds. The van der Waals surface area contributed by atoms with Gasteiger partial charge in [0, 0.05) is 23.1 Å². The first-order valence-corrected chi connectivity index (χ1v) is 10.9. The number of fused-ring (bicyclic) bond motifs is 1. The number of carbonyl (C=O) groups excluding carboxylic acids is 1. The number of aromatic nitrogens is 4. The van der Waals surface area contributed by atoms with Crippen LogP contribution in [-0.4, -0.2) is 32.9 Å². The molecule has 3 aromatic carbocycles. The first-order chi connectivity index (χ1) is 16.6. The van der Waals surface area contributed by atoms with Crippen LogP contribution in [0, 0.1) is 6.92 Å². The molecule has 0 aliphatic rings. The third kappa shape index (κ3) is 4.25. The summed E-state index contributed by atoms with van der Waals surface area (Å²) in [5.41, 5.74) is 4.23. The third-order valence-electron chi connectivity index (χ3n) is 5.52. The molecule has 0 saturated heterocycles. The second-order valence-electron chi connectivity index (χ2n) is 7.90. The molecule has 0 saturated carbocycles. The number of rotatable bonds is 7. The molecule has 0 radical (unpaired) electrons. The van der Waals surface area contributed by atoms with Crippen molar-refractivity contribution < 1.29 is 14.1 Å². The summed E-state index contributed by atoms with van der Waals surface area (Å²) < 4.78 is 12.6. The van der Waals surface area contributed by atoms with Crippen molar-refractivity contribution >= 4 is 16.8 Å². The van der Waals surface area contributed by atoms with Crippen LogP contribution in [-0.2, 0) is 17.9 Å². The number of hydrogen-bond acceptors (Lipinski definition) is 6. The zero-order valence-electron chi connectivity index (χ0n) is 18.9. The van der Waals surface area contributed by atoms with Gasteiger partial charge in [0.15, 0.2) is 5.69 Å². The lowest BCUT2D eigenvalue weighted by molar-refractivity contribution is -0.121. The second kappa shape index (κ2) is 9.19. The number of amides is 1. The van der Waals surface area contributed by atoms with Crippen molar-refractivity contribution in [2.45, 2.75) is 20.0 Å². The highest BCUT2D eigenvalue weighted by molar-refractivity contribution is 5.92. The van der Waals surface area contributed by atoms with Gasteiger partial charge in [-0.25, -0.2) is 0 Å². The summed E-state index contributed by atoms with van der Waals surface area (Å²) in [6.45, 7) is 2.42. The summed E-state index contributed by atoms with van der Waals surface area (Å²) in [5, 5.41) is 12.5. The van der Waals surface area contributed by atoms with Crippen molar-refractivity contribution in [1.29, 1.82) is 0 Å². The van der Waals surface area contributed by atoms with E-state index in [1.807, 2.05) is 79.7 Å². The Morgan fingerprint density at radius 2 is 1.88 bits per heavy atom.